The molecule has 2 aliphatic rings. The van der Waals surface area contributed by atoms with Gasteiger partial charge in [-0.15, -0.1) is 0 Å². The van der Waals surface area contributed by atoms with Gasteiger partial charge < -0.3 is 15.4 Å². The van der Waals surface area contributed by atoms with E-state index in [9.17, 15) is 4.79 Å². The Morgan fingerprint density at radius 2 is 2.05 bits per heavy atom. The molecule has 0 aromatic rings. The van der Waals surface area contributed by atoms with E-state index >= 15 is 0 Å². The van der Waals surface area contributed by atoms with Crippen LogP contribution < -0.4 is 5.73 Å². The average Bonchev–Trinajstić information content (AvgIpc) is 2.47. The van der Waals surface area contributed by atoms with Crippen LogP contribution in [0.5, 0.6) is 0 Å². The van der Waals surface area contributed by atoms with Crippen molar-refractivity contribution in [1.82, 2.24) is 4.90 Å². The molecule has 0 bridgehead atoms. The topological polar surface area (TPSA) is 55.6 Å². The van der Waals surface area contributed by atoms with Crippen LogP contribution in [0.15, 0.2) is 0 Å². The average molecular weight is 268 g/mol. The highest BCUT2D eigenvalue weighted by Crippen LogP contribution is 2.31. The monoisotopic (exact) mass is 268 g/mol. The Bertz CT molecular complexity index is 290. The van der Waals surface area contributed by atoms with E-state index < -0.39 is 0 Å². The Labute approximate surface area is 116 Å². The summed E-state index contributed by atoms with van der Waals surface area (Å²) in [6.45, 7) is 3.18. The first-order chi connectivity index (χ1) is 9.22. The Kier molecular flexibility index (Phi) is 5.64. The van der Waals surface area contributed by atoms with Crippen molar-refractivity contribution in [3.05, 3.63) is 0 Å². The minimum atomic E-state index is 0.160. The van der Waals surface area contributed by atoms with Crippen molar-refractivity contribution in [3.63, 3.8) is 0 Å². The van der Waals surface area contributed by atoms with Gasteiger partial charge in [-0.3, -0.25) is 4.79 Å². The molecule has 1 aliphatic carbocycles. The van der Waals surface area contributed by atoms with Gasteiger partial charge in [0, 0.05) is 26.1 Å². The van der Waals surface area contributed by atoms with Crippen LogP contribution in [0.25, 0.3) is 0 Å². The Morgan fingerprint density at radius 1 is 1.26 bits per heavy atom. The number of carbonyl (C=O) groups excluding carboxylic acids is 1. The minimum Gasteiger partial charge on any atom is -0.381 e. The second-order valence-corrected chi connectivity index (χ2v) is 6.19. The summed E-state index contributed by atoms with van der Waals surface area (Å²) < 4.78 is 5.49. The second-order valence-electron chi connectivity index (χ2n) is 6.19. The summed E-state index contributed by atoms with van der Waals surface area (Å²) in [4.78, 5) is 14.5. The third kappa shape index (κ3) is 3.93. The van der Waals surface area contributed by atoms with E-state index in [-0.39, 0.29) is 5.92 Å². The maximum Gasteiger partial charge on any atom is 0.225 e. The van der Waals surface area contributed by atoms with Crippen LogP contribution in [0.3, 0.4) is 0 Å². The summed E-state index contributed by atoms with van der Waals surface area (Å²) in [5, 5.41) is 0. The Morgan fingerprint density at radius 3 is 2.74 bits per heavy atom. The number of carbonyl (C=O) groups is 1. The molecule has 3 atom stereocenters. The Hall–Kier alpha value is -0.610. The van der Waals surface area contributed by atoms with Crippen LogP contribution in [-0.4, -0.2) is 44.2 Å². The number of hydrogen-bond acceptors (Lipinski definition) is 3. The van der Waals surface area contributed by atoms with Crippen molar-refractivity contribution in [3.8, 4) is 0 Å². The molecule has 0 radical (unpaired) electrons. The van der Waals surface area contributed by atoms with E-state index in [0.29, 0.717) is 24.3 Å². The number of hydrogen-bond donors (Lipinski definition) is 1. The first-order valence-corrected chi connectivity index (χ1v) is 7.75. The van der Waals surface area contributed by atoms with Crippen LogP contribution in [-0.2, 0) is 9.53 Å². The molecule has 1 saturated carbocycles. The molecule has 1 saturated heterocycles. The maximum atomic E-state index is 12.6. The number of nitrogens with two attached hydrogens (primary N) is 1. The van der Waals surface area contributed by atoms with Gasteiger partial charge in [-0.1, -0.05) is 12.8 Å². The molecule has 0 aromatic heterocycles. The van der Waals surface area contributed by atoms with Crippen LogP contribution in [0.1, 0.15) is 38.5 Å². The van der Waals surface area contributed by atoms with Gasteiger partial charge in [0.1, 0.15) is 0 Å². The molecule has 2 fully saturated rings. The second kappa shape index (κ2) is 7.25. The summed E-state index contributed by atoms with van der Waals surface area (Å²) in [7, 11) is 1.94. The highest BCUT2D eigenvalue weighted by molar-refractivity contribution is 5.79. The first kappa shape index (κ1) is 14.8. The molecular formula is C15H28N2O2. The summed E-state index contributed by atoms with van der Waals surface area (Å²) in [6.07, 6.45) is 6.85. The zero-order valence-electron chi connectivity index (χ0n) is 12.1. The highest BCUT2D eigenvalue weighted by atomic mass is 16.5. The van der Waals surface area contributed by atoms with Crippen molar-refractivity contribution >= 4 is 5.91 Å². The molecule has 0 spiro atoms. The van der Waals surface area contributed by atoms with E-state index in [2.05, 4.69) is 0 Å². The lowest BCUT2D eigenvalue weighted by atomic mass is 9.78. The zero-order chi connectivity index (χ0) is 13.7. The third-order valence-electron chi connectivity index (χ3n) is 4.69. The molecule has 4 nitrogen and oxygen atoms in total. The quantitative estimate of drug-likeness (QED) is 0.843. The van der Waals surface area contributed by atoms with Crippen molar-refractivity contribution < 1.29 is 9.53 Å². The van der Waals surface area contributed by atoms with Gasteiger partial charge in [0.15, 0.2) is 0 Å². The van der Waals surface area contributed by atoms with Gasteiger partial charge in [-0.2, -0.15) is 0 Å². The van der Waals surface area contributed by atoms with Gasteiger partial charge in [-0.05, 0) is 44.1 Å². The van der Waals surface area contributed by atoms with Crippen LogP contribution in [0, 0.1) is 17.8 Å². The molecule has 4 heteroatoms. The fourth-order valence-corrected chi connectivity index (χ4v) is 3.53. The van der Waals surface area contributed by atoms with Crippen molar-refractivity contribution in [2.24, 2.45) is 23.5 Å². The van der Waals surface area contributed by atoms with Crippen LogP contribution in [0.4, 0.5) is 0 Å². The highest BCUT2D eigenvalue weighted by Gasteiger charge is 2.32. The van der Waals surface area contributed by atoms with E-state index in [1.165, 1.54) is 19.3 Å². The van der Waals surface area contributed by atoms with E-state index in [0.717, 1.165) is 39.0 Å². The number of amides is 1. The molecule has 19 heavy (non-hydrogen) atoms. The summed E-state index contributed by atoms with van der Waals surface area (Å²) in [5.41, 5.74) is 5.83. The van der Waals surface area contributed by atoms with E-state index in [4.69, 9.17) is 10.5 Å². The molecule has 1 aliphatic heterocycles. The maximum absolute atomic E-state index is 12.6. The van der Waals surface area contributed by atoms with Crippen molar-refractivity contribution in [1.29, 1.82) is 0 Å². The molecule has 2 N–H and O–H groups in total. The lowest BCUT2D eigenvalue weighted by molar-refractivity contribution is -0.138. The predicted molar refractivity (Wildman–Crippen MR) is 75.7 cm³/mol. The fourth-order valence-electron chi connectivity index (χ4n) is 3.53. The fraction of sp³-hybridized carbons (Fsp3) is 0.933. The van der Waals surface area contributed by atoms with E-state index in [1.807, 2.05) is 11.9 Å². The molecular weight excluding hydrogens is 240 g/mol. The lowest BCUT2D eigenvalue weighted by Gasteiger charge is -2.34. The molecule has 2 rings (SSSR count). The number of rotatable bonds is 4. The normalized spacial score (nSPS) is 32.0. The third-order valence-corrected chi connectivity index (χ3v) is 4.69. The largest absolute Gasteiger partial charge is 0.381 e. The van der Waals surface area contributed by atoms with Gasteiger partial charge in [0.2, 0.25) is 5.91 Å². The van der Waals surface area contributed by atoms with Crippen molar-refractivity contribution in [2.75, 3.05) is 33.4 Å². The summed E-state index contributed by atoms with van der Waals surface area (Å²) >= 11 is 0. The predicted octanol–water partition coefficient (Wildman–Crippen LogP) is 1.64. The van der Waals surface area contributed by atoms with E-state index in [1.54, 1.807) is 0 Å². The molecule has 0 aromatic carbocycles. The Balaban J connectivity index is 1.86. The molecule has 1 amide bonds. The molecule has 110 valence electrons. The SMILES string of the molecule is CN(CC1CCCOC1)C(=O)C1CCCCC1CN. The lowest BCUT2D eigenvalue weighted by Crippen LogP contribution is -2.43. The zero-order valence-corrected chi connectivity index (χ0v) is 12.1. The summed E-state index contributed by atoms with van der Waals surface area (Å²) in [6, 6.07) is 0. The van der Waals surface area contributed by atoms with Crippen LogP contribution in [0.2, 0.25) is 0 Å². The van der Waals surface area contributed by atoms with Crippen molar-refractivity contribution in [2.45, 2.75) is 38.5 Å². The van der Waals surface area contributed by atoms with Gasteiger partial charge in [0.25, 0.3) is 0 Å². The number of ether oxygens (including phenoxy) is 1. The molecule has 1 heterocycles. The van der Waals surface area contributed by atoms with Gasteiger partial charge >= 0.3 is 0 Å². The van der Waals surface area contributed by atoms with Crippen LogP contribution >= 0.6 is 0 Å². The standard InChI is InChI=1S/C15H28N2O2/c1-17(10-12-5-4-8-19-11-12)15(18)14-7-3-2-6-13(14)9-16/h12-14H,2-11,16H2,1H3. The minimum absolute atomic E-state index is 0.160. The number of nitrogens with zero attached hydrogens (tertiary/aromatic N) is 1. The van der Waals surface area contributed by atoms with Gasteiger partial charge in [-0.25, -0.2) is 0 Å². The van der Waals surface area contributed by atoms with Gasteiger partial charge in [0.05, 0.1) is 6.61 Å². The molecule has 3 unspecified atom stereocenters. The first-order valence-electron chi connectivity index (χ1n) is 7.75. The smallest absolute Gasteiger partial charge is 0.225 e. The summed E-state index contributed by atoms with van der Waals surface area (Å²) in [5.74, 6) is 1.38.